The number of halogens is 1. The molecular formula is C16H18FN3O. The van der Waals surface area contributed by atoms with Crippen molar-refractivity contribution in [2.45, 2.75) is 25.0 Å². The summed E-state index contributed by atoms with van der Waals surface area (Å²) in [6.07, 6.45) is 4.62. The Labute approximate surface area is 123 Å². The van der Waals surface area contributed by atoms with Crippen molar-refractivity contribution in [3.8, 4) is 0 Å². The van der Waals surface area contributed by atoms with Crippen molar-refractivity contribution in [1.29, 1.82) is 0 Å². The number of benzene rings is 1. The van der Waals surface area contributed by atoms with E-state index in [4.69, 9.17) is 0 Å². The molecule has 21 heavy (non-hydrogen) atoms. The molecule has 1 N–H and O–H groups in total. The maximum atomic E-state index is 13.7. The second kappa shape index (κ2) is 6.28. The fraction of sp³-hybridized carbons (Fsp3) is 0.375. The van der Waals surface area contributed by atoms with Crippen LogP contribution in [0.4, 0.5) is 4.39 Å². The first kappa shape index (κ1) is 14.1. The Balaban J connectivity index is 1.73. The summed E-state index contributed by atoms with van der Waals surface area (Å²) in [6, 6.07) is 8.26. The Morgan fingerprint density at radius 2 is 2.00 bits per heavy atom. The van der Waals surface area contributed by atoms with Gasteiger partial charge in [-0.3, -0.25) is 4.90 Å². The standard InChI is InChI=1S/C16H18FN3O/c17-13-6-2-1-5-12(13)15(21)11-20-10-3-7-14(20)16-18-8-4-9-19-16/h1-2,4-6,8-9,14-15,21H,3,7,10-11H2. The third kappa shape index (κ3) is 3.09. The zero-order valence-corrected chi connectivity index (χ0v) is 11.7. The summed E-state index contributed by atoms with van der Waals surface area (Å²) >= 11 is 0. The number of aliphatic hydroxyl groups excluding tert-OH is 1. The monoisotopic (exact) mass is 287 g/mol. The number of hydrogen-bond donors (Lipinski definition) is 1. The molecule has 1 aliphatic heterocycles. The SMILES string of the molecule is OC(CN1CCCC1c1ncccn1)c1ccccc1F. The van der Waals surface area contributed by atoms with Gasteiger partial charge in [-0.15, -0.1) is 0 Å². The molecule has 0 aliphatic carbocycles. The highest BCUT2D eigenvalue weighted by atomic mass is 19.1. The lowest BCUT2D eigenvalue weighted by molar-refractivity contribution is 0.101. The van der Waals surface area contributed by atoms with Gasteiger partial charge < -0.3 is 5.11 Å². The van der Waals surface area contributed by atoms with E-state index >= 15 is 0 Å². The summed E-state index contributed by atoms with van der Waals surface area (Å²) in [5.74, 6) is 0.410. The van der Waals surface area contributed by atoms with Gasteiger partial charge in [-0.25, -0.2) is 14.4 Å². The summed E-state index contributed by atoms with van der Waals surface area (Å²) in [6.45, 7) is 1.26. The number of rotatable bonds is 4. The van der Waals surface area contributed by atoms with E-state index in [0.717, 1.165) is 25.2 Å². The third-order valence-electron chi connectivity index (χ3n) is 3.92. The van der Waals surface area contributed by atoms with Crippen molar-refractivity contribution < 1.29 is 9.50 Å². The van der Waals surface area contributed by atoms with Crippen molar-refractivity contribution >= 4 is 0 Å². The number of aliphatic hydroxyl groups is 1. The van der Waals surface area contributed by atoms with Gasteiger partial charge in [-0.1, -0.05) is 18.2 Å². The first-order chi connectivity index (χ1) is 10.3. The average Bonchev–Trinajstić information content (AvgIpc) is 2.96. The molecule has 4 nitrogen and oxygen atoms in total. The molecule has 2 aromatic rings. The van der Waals surface area contributed by atoms with E-state index in [1.165, 1.54) is 6.07 Å². The van der Waals surface area contributed by atoms with Crippen molar-refractivity contribution in [2.24, 2.45) is 0 Å². The van der Waals surface area contributed by atoms with Gasteiger partial charge in [0.25, 0.3) is 0 Å². The fourth-order valence-electron chi connectivity index (χ4n) is 2.89. The highest BCUT2D eigenvalue weighted by Crippen LogP contribution is 2.31. The summed E-state index contributed by atoms with van der Waals surface area (Å²) in [4.78, 5) is 10.7. The van der Waals surface area contributed by atoms with Crippen LogP contribution >= 0.6 is 0 Å². The molecule has 0 amide bonds. The minimum Gasteiger partial charge on any atom is -0.387 e. The first-order valence-corrected chi connectivity index (χ1v) is 7.19. The van der Waals surface area contributed by atoms with E-state index in [9.17, 15) is 9.50 Å². The maximum absolute atomic E-state index is 13.7. The van der Waals surface area contributed by atoms with E-state index in [1.807, 2.05) is 0 Å². The number of β-amino-alcohol motifs (C(OH)–C–C–N with tert-alkyl or cyclic N) is 1. The first-order valence-electron chi connectivity index (χ1n) is 7.19. The lowest BCUT2D eigenvalue weighted by Crippen LogP contribution is -2.29. The Morgan fingerprint density at radius 3 is 2.76 bits per heavy atom. The van der Waals surface area contributed by atoms with Gasteiger partial charge in [0.2, 0.25) is 0 Å². The predicted octanol–water partition coefficient (Wildman–Crippen LogP) is 2.49. The van der Waals surface area contributed by atoms with Gasteiger partial charge in [0.05, 0.1) is 12.1 Å². The van der Waals surface area contributed by atoms with Crippen LogP contribution in [-0.2, 0) is 0 Å². The Morgan fingerprint density at radius 1 is 1.24 bits per heavy atom. The summed E-state index contributed by atoms with van der Waals surface area (Å²) in [7, 11) is 0. The molecule has 0 radical (unpaired) electrons. The van der Waals surface area contributed by atoms with E-state index in [1.54, 1.807) is 36.7 Å². The summed E-state index contributed by atoms with van der Waals surface area (Å²) in [5.41, 5.74) is 0.345. The fourth-order valence-corrected chi connectivity index (χ4v) is 2.89. The molecule has 1 aromatic carbocycles. The van der Waals surface area contributed by atoms with E-state index < -0.39 is 6.10 Å². The molecule has 2 heterocycles. The second-order valence-electron chi connectivity index (χ2n) is 5.30. The molecule has 2 unspecified atom stereocenters. The Bertz CT molecular complexity index is 593. The molecule has 1 aromatic heterocycles. The van der Waals surface area contributed by atoms with Crippen LogP contribution in [0.2, 0.25) is 0 Å². The Kier molecular flexibility index (Phi) is 4.22. The summed E-state index contributed by atoms with van der Waals surface area (Å²) in [5, 5.41) is 10.3. The van der Waals surface area contributed by atoms with Gasteiger partial charge in [0.15, 0.2) is 0 Å². The van der Waals surface area contributed by atoms with Gasteiger partial charge in [0, 0.05) is 24.5 Å². The Hall–Kier alpha value is -1.85. The van der Waals surface area contributed by atoms with Gasteiger partial charge in [-0.2, -0.15) is 0 Å². The quantitative estimate of drug-likeness (QED) is 0.938. The van der Waals surface area contributed by atoms with Crippen LogP contribution in [0.3, 0.4) is 0 Å². The predicted molar refractivity (Wildman–Crippen MR) is 76.9 cm³/mol. The van der Waals surface area contributed by atoms with Crippen molar-refractivity contribution in [3.05, 3.63) is 59.9 Å². The molecule has 110 valence electrons. The van der Waals surface area contributed by atoms with Crippen LogP contribution in [-0.4, -0.2) is 33.1 Å². The lowest BCUT2D eigenvalue weighted by Gasteiger charge is -2.26. The van der Waals surface area contributed by atoms with Crippen LogP contribution in [0.1, 0.15) is 36.4 Å². The smallest absolute Gasteiger partial charge is 0.145 e. The van der Waals surface area contributed by atoms with E-state index in [0.29, 0.717) is 12.1 Å². The minimum atomic E-state index is -0.837. The molecular weight excluding hydrogens is 269 g/mol. The molecule has 1 saturated heterocycles. The van der Waals surface area contributed by atoms with Crippen molar-refractivity contribution in [1.82, 2.24) is 14.9 Å². The lowest BCUT2D eigenvalue weighted by atomic mass is 10.1. The zero-order chi connectivity index (χ0) is 14.7. The molecule has 0 saturated carbocycles. The van der Waals surface area contributed by atoms with E-state index in [2.05, 4.69) is 14.9 Å². The third-order valence-corrected chi connectivity index (χ3v) is 3.92. The molecule has 1 aliphatic rings. The maximum Gasteiger partial charge on any atom is 0.145 e. The second-order valence-corrected chi connectivity index (χ2v) is 5.30. The topological polar surface area (TPSA) is 49.2 Å². The van der Waals surface area contributed by atoms with Crippen molar-refractivity contribution in [2.75, 3.05) is 13.1 Å². The van der Waals surface area contributed by atoms with E-state index in [-0.39, 0.29) is 11.9 Å². The van der Waals surface area contributed by atoms with Crippen LogP contribution in [0.25, 0.3) is 0 Å². The molecule has 3 rings (SSSR count). The molecule has 2 atom stereocenters. The average molecular weight is 287 g/mol. The normalized spacial score (nSPS) is 20.6. The number of nitrogens with zero attached hydrogens (tertiary/aromatic N) is 3. The number of aromatic nitrogens is 2. The highest BCUT2D eigenvalue weighted by Gasteiger charge is 2.30. The zero-order valence-electron chi connectivity index (χ0n) is 11.7. The highest BCUT2D eigenvalue weighted by molar-refractivity contribution is 5.20. The molecule has 0 bridgehead atoms. The van der Waals surface area contributed by atoms with Gasteiger partial charge >= 0.3 is 0 Å². The van der Waals surface area contributed by atoms with Gasteiger partial charge in [0.1, 0.15) is 11.6 Å². The summed E-state index contributed by atoms with van der Waals surface area (Å²) < 4.78 is 13.7. The number of likely N-dealkylation sites (tertiary alicyclic amines) is 1. The van der Waals surface area contributed by atoms with Crippen LogP contribution in [0.15, 0.2) is 42.7 Å². The molecule has 1 fully saturated rings. The van der Waals surface area contributed by atoms with Gasteiger partial charge in [-0.05, 0) is 31.5 Å². The van der Waals surface area contributed by atoms with Crippen LogP contribution < -0.4 is 0 Å². The molecule has 0 spiro atoms. The largest absolute Gasteiger partial charge is 0.387 e. The number of hydrogen-bond acceptors (Lipinski definition) is 4. The van der Waals surface area contributed by atoms with Crippen molar-refractivity contribution in [3.63, 3.8) is 0 Å². The molecule has 5 heteroatoms. The minimum absolute atomic E-state index is 0.104. The van der Waals surface area contributed by atoms with Crippen LogP contribution in [0.5, 0.6) is 0 Å². The van der Waals surface area contributed by atoms with Crippen LogP contribution in [0, 0.1) is 5.82 Å².